The summed E-state index contributed by atoms with van der Waals surface area (Å²) in [6.07, 6.45) is 2.23. The van der Waals surface area contributed by atoms with Gasteiger partial charge in [-0.05, 0) is 12.0 Å². The monoisotopic (exact) mass is 341 g/mol. The number of aryl methyl sites for hydroxylation is 1. The van der Waals surface area contributed by atoms with Crippen LogP contribution in [0.15, 0.2) is 52.8 Å². The first-order valence-corrected chi connectivity index (χ1v) is 8.33. The summed E-state index contributed by atoms with van der Waals surface area (Å²) in [5, 5.41) is 13.6. The van der Waals surface area contributed by atoms with Gasteiger partial charge in [0, 0.05) is 23.1 Å². The van der Waals surface area contributed by atoms with Gasteiger partial charge in [-0.2, -0.15) is 0 Å². The normalized spacial score (nSPS) is 10.7. The quantitative estimate of drug-likeness (QED) is 0.526. The molecule has 0 N–H and O–H groups in total. The van der Waals surface area contributed by atoms with Crippen molar-refractivity contribution in [2.45, 2.75) is 19.9 Å². The van der Waals surface area contributed by atoms with Gasteiger partial charge in [0.15, 0.2) is 0 Å². The zero-order valence-electron chi connectivity index (χ0n) is 13.0. The van der Waals surface area contributed by atoms with Gasteiger partial charge in [-0.3, -0.25) is 14.9 Å². The van der Waals surface area contributed by atoms with Crippen LogP contribution in [0, 0.1) is 10.1 Å². The van der Waals surface area contributed by atoms with E-state index >= 15 is 0 Å². The highest BCUT2D eigenvalue weighted by Gasteiger charge is 2.10. The fraction of sp³-hybridized carbons (Fsp3) is 0.176. The van der Waals surface area contributed by atoms with E-state index in [0.717, 1.165) is 17.0 Å². The highest BCUT2D eigenvalue weighted by molar-refractivity contribution is 7.13. The van der Waals surface area contributed by atoms with Crippen molar-refractivity contribution in [3.05, 3.63) is 79.7 Å². The van der Waals surface area contributed by atoms with Gasteiger partial charge in [-0.25, -0.2) is 4.98 Å². The molecule has 2 aromatic heterocycles. The fourth-order valence-electron chi connectivity index (χ4n) is 2.32. The molecule has 7 heteroatoms. The van der Waals surface area contributed by atoms with Crippen LogP contribution in [-0.4, -0.2) is 14.5 Å². The van der Waals surface area contributed by atoms with Gasteiger partial charge in [0.1, 0.15) is 5.01 Å². The van der Waals surface area contributed by atoms with Crippen molar-refractivity contribution < 1.29 is 4.92 Å². The minimum Gasteiger partial charge on any atom is -0.303 e. The molecular weight excluding hydrogens is 326 g/mol. The summed E-state index contributed by atoms with van der Waals surface area (Å²) >= 11 is 1.49. The predicted octanol–water partition coefficient (Wildman–Crippen LogP) is 3.49. The van der Waals surface area contributed by atoms with Crippen LogP contribution in [0.3, 0.4) is 0 Å². The zero-order valence-corrected chi connectivity index (χ0v) is 13.8. The third kappa shape index (κ3) is 3.41. The molecule has 0 aliphatic heterocycles. The molecule has 0 bridgehead atoms. The fourth-order valence-corrected chi connectivity index (χ4v) is 3.14. The second kappa shape index (κ2) is 6.76. The number of rotatable bonds is 5. The minimum absolute atomic E-state index is 0.111. The molecule has 0 amide bonds. The SMILES string of the molecule is CCc1ccc(-c2nc(Cn3cc([N+](=O)[O-])ccc3=O)cs2)cc1. The maximum absolute atomic E-state index is 11.9. The Morgan fingerprint density at radius 3 is 2.62 bits per heavy atom. The Morgan fingerprint density at radius 2 is 1.96 bits per heavy atom. The third-order valence-corrected chi connectivity index (χ3v) is 4.61. The summed E-state index contributed by atoms with van der Waals surface area (Å²) in [4.78, 5) is 26.7. The molecule has 0 aliphatic carbocycles. The highest BCUT2D eigenvalue weighted by Crippen LogP contribution is 2.24. The second-order valence-corrected chi connectivity index (χ2v) is 6.16. The maximum atomic E-state index is 11.9. The molecular formula is C17H15N3O3S. The first-order chi connectivity index (χ1) is 11.6. The highest BCUT2D eigenvalue weighted by atomic mass is 32.1. The summed E-state index contributed by atoms with van der Waals surface area (Å²) < 4.78 is 1.30. The van der Waals surface area contributed by atoms with E-state index in [0.29, 0.717) is 5.69 Å². The van der Waals surface area contributed by atoms with Crippen LogP contribution < -0.4 is 5.56 Å². The van der Waals surface area contributed by atoms with Crippen LogP contribution in [0.1, 0.15) is 18.2 Å². The van der Waals surface area contributed by atoms with Gasteiger partial charge in [0.25, 0.3) is 11.2 Å². The first kappa shape index (κ1) is 16.1. The van der Waals surface area contributed by atoms with Gasteiger partial charge >= 0.3 is 0 Å². The van der Waals surface area contributed by atoms with Crippen molar-refractivity contribution in [2.24, 2.45) is 0 Å². The Morgan fingerprint density at radius 1 is 1.21 bits per heavy atom. The lowest BCUT2D eigenvalue weighted by Gasteiger charge is -2.02. The molecule has 3 aromatic rings. The van der Waals surface area contributed by atoms with E-state index in [-0.39, 0.29) is 17.8 Å². The van der Waals surface area contributed by atoms with E-state index in [1.54, 1.807) is 0 Å². The maximum Gasteiger partial charge on any atom is 0.285 e. The molecule has 1 aromatic carbocycles. The molecule has 0 saturated heterocycles. The molecule has 0 unspecified atom stereocenters. The molecule has 6 nitrogen and oxygen atoms in total. The lowest BCUT2D eigenvalue weighted by atomic mass is 10.1. The van der Waals surface area contributed by atoms with Crippen LogP contribution in [0.2, 0.25) is 0 Å². The minimum atomic E-state index is -0.516. The lowest BCUT2D eigenvalue weighted by molar-refractivity contribution is -0.385. The molecule has 2 heterocycles. The Kier molecular flexibility index (Phi) is 4.52. The van der Waals surface area contributed by atoms with Gasteiger partial charge in [0.05, 0.1) is 23.4 Å². The molecule has 122 valence electrons. The number of hydrogen-bond donors (Lipinski definition) is 0. The zero-order chi connectivity index (χ0) is 17.1. The van der Waals surface area contributed by atoms with E-state index in [1.165, 1.54) is 39.8 Å². The molecule has 0 aliphatic rings. The van der Waals surface area contributed by atoms with Gasteiger partial charge in [-0.1, -0.05) is 31.2 Å². The largest absolute Gasteiger partial charge is 0.303 e. The van der Waals surface area contributed by atoms with Gasteiger partial charge < -0.3 is 4.57 Å². The molecule has 0 saturated carbocycles. The molecule has 0 atom stereocenters. The molecule has 24 heavy (non-hydrogen) atoms. The van der Waals surface area contributed by atoms with Crippen LogP contribution in [0.4, 0.5) is 5.69 Å². The number of pyridine rings is 1. The van der Waals surface area contributed by atoms with E-state index in [1.807, 2.05) is 17.5 Å². The Hall–Kier alpha value is -2.80. The number of thiazole rings is 1. The molecule has 3 rings (SSSR count). The Bertz CT molecular complexity index is 929. The summed E-state index contributed by atoms with van der Waals surface area (Å²) in [6.45, 7) is 2.32. The molecule has 0 fully saturated rings. The van der Waals surface area contributed by atoms with Crippen molar-refractivity contribution in [1.82, 2.24) is 9.55 Å². The van der Waals surface area contributed by atoms with Crippen LogP contribution in [0.5, 0.6) is 0 Å². The number of nitro groups is 1. The average molecular weight is 341 g/mol. The van der Waals surface area contributed by atoms with Crippen molar-refractivity contribution >= 4 is 17.0 Å². The number of hydrogen-bond acceptors (Lipinski definition) is 5. The Balaban J connectivity index is 1.85. The molecule has 0 spiro atoms. The second-order valence-electron chi connectivity index (χ2n) is 5.31. The summed E-state index contributed by atoms with van der Waals surface area (Å²) in [7, 11) is 0. The van der Waals surface area contributed by atoms with Crippen molar-refractivity contribution in [3.63, 3.8) is 0 Å². The van der Waals surface area contributed by atoms with Gasteiger partial charge in [-0.15, -0.1) is 11.3 Å². The van der Waals surface area contributed by atoms with Crippen molar-refractivity contribution in [1.29, 1.82) is 0 Å². The topological polar surface area (TPSA) is 78.0 Å². The standard InChI is InChI=1S/C17H15N3O3S/c1-2-12-3-5-13(6-4-12)17-18-14(11-24-17)9-19-10-15(20(22)23)7-8-16(19)21/h3-8,10-11H,2,9H2,1H3. The smallest absolute Gasteiger partial charge is 0.285 e. The van der Waals surface area contributed by atoms with E-state index in [9.17, 15) is 14.9 Å². The van der Waals surface area contributed by atoms with Crippen molar-refractivity contribution in [2.75, 3.05) is 0 Å². The lowest BCUT2D eigenvalue weighted by Crippen LogP contribution is -2.19. The van der Waals surface area contributed by atoms with Crippen LogP contribution in [0.25, 0.3) is 10.6 Å². The van der Waals surface area contributed by atoms with Crippen LogP contribution >= 0.6 is 11.3 Å². The van der Waals surface area contributed by atoms with E-state index in [4.69, 9.17) is 0 Å². The number of nitrogens with zero attached hydrogens (tertiary/aromatic N) is 3. The van der Waals surface area contributed by atoms with Crippen molar-refractivity contribution in [3.8, 4) is 10.6 Å². The molecule has 0 radical (unpaired) electrons. The van der Waals surface area contributed by atoms with Crippen LogP contribution in [-0.2, 0) is 13.0 Å². The predicted molar refractivity (Wildman–Crippen MR) is 93.4 cm³/mol. The number of benzene rings is 1. The number of aromatic nitrogens is 2. The van der Waals surface area contributed by atoms with E-state index in [2.05, 4.69) is 24.0 Å². The third-order valence-electron chi connectivity index (χ3n) is 3.67. The van der Waals surface area contributed by atoms with Gasteiger partial charge in [0.2, 0.25) is 0 Å². The first-order valence-electron chi connectivity index (χ1n) is 7.45. The summed E-state index contributed by atoms with van der Waals surface area (Å²) in [5.41, 5.74) is 2.59. The Labute approximate surface area is 142 Å². The van der Waals surface area contributed by atoms with E-state index < -0.39 is 4.92 Å². The summed E-state index contributed by atoms with van der Waals surface area (Å²) in [6, 6.07) is 10.6. The average Bonchev–Trinajstić information content (AvgIpc) is 3.05. The summed E-state index contributed by atoms with van der Waals surface area (Å²) in [5.74, 6) is 0.